The lowest BCUT2D eigenvalue weighted by Crippen LogP contribution is -2.29. The summed E-state index contributed by atoms with van der Waals surface area (Å²) in [7, 11) is 1.37. The van der Waals surface area contributed by atoms with Gasteiger partial charge in [-0.05, 0) is 6.42 Å². The van der Waals surface area contributed by atoms with Gasteiger partial charge in [-0.1, -0.05) is 6.08 Å². The zero-order valence-electron chi connectivity index (χ0n) is 8.36. The zero-order chi connectivity index (χ0) is 10.6. The molecule has 0 spiro atoms. The number of carbonyl (C=O) groups excluding carboxylic acids is 2. The van der Waals surface area contributed by atoms with Crippen LogP contribution in [-0.4, -0.2) is 37.0 Å². The molecule has 0 aromatic carbocycles. The van der Waals surface area contributed by atoms with Crippen LogP contribution in [0.3, 0.4) is 0 Å². The Bertz CT molecular complexity index is 250. The highest BCUT2D eigenvalue weighted by Gasteiger charge is 2.30. The maximum absolute atomic E-state index is 11.4. The van der Waals surface area contributed by atoms with Crippen LogP contribution in [0.1, 0.15) is 12.8 Å². The van der Waals surface area contributed by atoms with Crippen molar-refractivity contribution in [2.24, 2.45) is 5.92 Å². The molecule has 1 heterocycles. The molecule has 1 amide bonds. The first-order chi connectivity index (χ1) is 6.69. The Kier molecular flexibility index (Phi) is 3.68. The van der Waals surface area contributed by atoms with E-state index in [1.54, 1.807) is 11.0 Å². The fraction of sp³-hybridized carbons (Fsp3) is 0.600. The van der Waals surface area contributed by atoms with E-state index < -0.39 is 0 Å². The van der Waals surface area contributed by atoms with Crippen LogP contribution in [0.2, 0.25) is 0 Å². The van der Waals surface area contributed by atoms with Crippen molar-refractivity contribution in [2.75, 3.05) is 20.2 Å². The maximum Gasteiger partial charge on any atom is 0.310 e. The lowest BCUT2D eigenvalue weighted by molar-refractivity contribution is -0.145. The molecular weight excluding hydrogens is 182 g/mol. The Labute approximate surface area is 83.5 Å². The number of rotatable bonds is 3. The molecule has 1 aliphatic rings. The Morgan fingerprint density at radius 2 is 2.36 bits per heavy atom. The van der Waals surface area contributed by atoms with Gasteiger partial charge in [0.2, 0.25) is 5.91 Å². The molecule has 14 heavy (non-hydrogen) atoms. The second kappa shape index (κ2) is 4.79. The van der Waals surface area contributed by atoms with Crippen molar-refractivity contribution < 1.29 is 14.3 Å². The summed E-state index contributed by atoms with van der Waals surface area (Å²) in [5.41, 5.74) is 0. The van der Waals surface area contributed by atoms with Crippen molar-refractivity contribution in [3.05, 3.63) is 12.7 Å². The summed E-state index contributed by atoms with van der Waals surface area (Å²) in [4.78, 5) is 24.2. The molecule has 1 unspecified atom stereocenters. The van der Waals surface area contributed by atoms with Gasteiger partial charge in [-0.2, -0.15) is 0 Å². The van der Waals surface area contributed by atoms with Crippen molar-refractivity contribution in [3.8, 4) is 0 Å². The lowest BCUT2D eigenvalue weighted by atomic mass is 10.1. The molecule has 1 fully saturated rings. The first-order valence-corrected chi connectivity index (χ1v) is 4.65. The van der Waals surface area contributed by atoms with Gasteiger partial charge < -0.3 is 9.64 Å². The third-order valence-corrected chi connectivity index (χ3v) is 2.39. The third kappa shape index (κ3) is 2.34. The molecule has 0 N–H and O–H groups in total. The highest BCUT2D eigenvalue weighted by molar-refractivity contribution is 5.80. The first kappa shape index (κ1) is 10.8. The van der Waals surface area contributed by atoms with Crippen LogP contribution in [0.4, 0.5) is 0 Å². The lowest BCUT2D eigenvalue weighted by Gasteiger charge is -2.14. The molecule has 0 radical (unpaired) electrons. The standard InChI is InChI=1S/C10H15NO3/c1-3-4-9(12)11-6-5-8(7-11)10(13)14-2/h3,8H,1,4-7H2,2H3. The van der Waals surface area contributed by atoms with Crippen LogP contribution >= 0.6 is 0 Å². The quantitative estimate of drug-likeness (QED) is 0.491. The van der Waals surface area contributed by atoms with Crippen molar-refractivity contribution in [2.45, 2.75) is 12.8 Å². The van der Waals surface area contributed by atoms with Gasteiger partial charge in [-0.15, -0.1) is 6.58 Å². The molecule has 78 valence electrons. The molecule has 4 nitrogen and oxygen atoms in total. The topological polar surface area (TPSA) is 46.6 Å². The second-order valence-electron chi connectivity index (χ2n) is 3.34. The van der Waals surface area contributed by atoms with Gasteiger partial charge in [-0.25, -0.2) is 0 Å². The van der Waals surface area contributed by atoms with Gasteiger partial charge in [0.25, 0.3) is 0 Å². The van der Waals surface area contributed by atoms with E-state index in [1.165, 1.54) is 7.11 Å². The third-order valence-electron chi connectivity index (χ3n) is 2.39. The minimum Gasteiger partial charge on any atom is -0.469 e. The fourth-order valence-electron chi connectivity index (χ4n) is 1.60. The summed E-state index contributed by atoms with van der Waals surface area (Å²) in [5, 5.41) is 0. The largest absolute Gasteiger partial charge is 0.469 e. The molecule has 1 saturated heterocycles. The van der Waals surface area contributed by atoms with E-state index in [9.17, 15) is 9.59 Å². The number of methoxy groups -OCH3 is 1. The second-order valence-corrected chi connectivity index (χ2v) is 3.34. The molecular formula is C10H15NO3. The first-order valence-electron chi connectivity index (χ1n) is 4.65. The van der Waals surface area contributed by atoms with Gasteiger partial charge in [-0.3, -0.25) is 9.59 Å². The van der Waals surface area contributed by atoms with Crippen LogP contribution in [0.25, 0.3) is 0 Å². The minimum absolute atomic E-state index is 0.0337. The molecule has 1 aliphatic heterocycles. The fourth-order valence-corrected chi connectivity index (χ4v) is 1.60. The molecule has 0 aromatic heterocycles. The molecule has 0 aliphatic carbocycles. The maximum atomic E-state index is 11.4. The highest BCUT2D eigenvalue weighted by atomic mass is 16.5. The number of ether oxygens (including phenoxy) is 1. The number of hydrogen-bond acceptors (Lipinski definition) is 3. The van der Waals surface area contributed by atoms with Crippen molar-refractivity contribution in [1.29, 1.82) is 0 Å². The van der Waals surface area contributed by atoms with E-state index in [1.807, 2.05) is 0 Å². The average molecular weight is 197 g/mol. The van der Waals surface area contributed by atoms with Crippen LogP contribution in [0.5, 0.6) is 0 Å². The van der Waals surface area contributed by atoms with E-state index in [0.717, 1.165) is 0 Å². The van der Waals surface area contributed by atoms with Crippen molar-refractivity contribution in [3.63, 3.8) is 0 Å². The number of esters is 1. The Balaban J connectivity index is 2.44. The summed E-state index contributed by atoms with van der Waals surface area (Å²) < 4.78 is 4.63. The summed E-state index contributed by atoms with van der Waals surface area (Å²) in [6.45, 7) is 4.63. The Morgan fingerprint density at radius 3 is 2.93 bits per heavy atom. The predicted molar refractivity (Wildman–Crippen MR) is 51.5 cm³/mol. The predicted octanol–water partition coefficient (Wildman–Crippen LogP) is 0.584. The van der Waals surface area contributed by atoms with Gasteiger partial charge in [0.15, 0.2) is 0 Å². The van der Waals surface area contributed by atoms with Crippen molar-refractivity contribution >= 4 is 11.9 Å². The molecule has 0 saturated carbocycles. The normalized spacial score (nSPS) is 20.6. The average Bonchev–Trinajstić information content (AvgIpc) is 2.66. The summed E-state index contributed by atoms with van der Waals surface area (Å²) in [6.07, 6.45) is 2.62. The smallest absolute Gasteiger partial charge is 0.310 e. The van der Waals surface area contributed by atoms with E-state index in [0.29, 0.717) is 25.9 Å². The Hall–Kier alpha value is -1.32. The summed E-state index contributed by atoms with van der Waals surface area (Å²) in [5.74, 6) is -0.334. The van der Waals surface area contributed by atoms with E-state index in [2.05, 4.69) is 11.3 Å². The van der Waals surface area contributed by atoms with Crippen LogP contribution in [-0.2, 0) is 14.3 Å². The number of nitrogens with zero attached hydrogens (tertiary/aromatic N) is 1. The highest BCUT2D eigenvalue weighted by Crippen LogP contribution is 2.18. The number of hydrogen-bond donors (Lipinski definition) is 0. The summed E-state index contributed by atoms with van der Waals surface area (Å²) in [6, 6.07) is 0. The zero-order valence-corrected chi connectivity index (χ0v) is 8.36. The molecule has 0 bridgehead atoms. The summed E-state index contributed by atoms with van der Waals surface area (Å²) >= 11 is 0. The number of amides is 1. The van der Waals surface area contributed by atoms with E-state index in [4.69, 9.17) is 0 Å². The number of carbonyl (C=O) groups is 2. The molecule has 0 aromatic rings. The van der Waals surface area contributed by atoms with Gasteiger partial charge in [0.1, 0.15) is 0 Å². The molecule has 1 atom stereocenters. The Morgan fingerprint density at radius 1 is 1.64 bits per heavy atom. The number of likely N-dealkylation sites (tertiary alicyclic amines) is 1. The molecule has 1 rings (SSSR count). The van der Waals surface area contributed by atoms with E-state index in [-0.39, 0.29) is 17.8 Å². The van der Waals surface area contributed by atoms with Crippen LogP contribution in [0.15, 0.2) is 12.7 Å². The van der Waals surface area contributed by atoms with Gasteiger partial charge >= 0.3 is 5.97 Å². The van der Waals surface area contributed by atoms with Crippen LogP contribution in [0, 0.1) is 5.92 Å². The SMILES string of the molecule is C=CCC(=O)N1CCC(C(=O)OC)C1. The monoisotopic (exact) mass is 197 g/mol. The van der Waals surface area contributed by atoms with Gasteiger partial charge in [0, 0.05) is 19.5 Å². The van der Waals surface area contributed by atoms with Crippen LogP contribution < -0.4 is 0 Å². The molecule has 4 heteroatoms. The van der Waals surface area contributed by atoms with Gasteiger partial charge in [0.05, 0.1) is 13.0 Å². The van der Waals surface area contributed by atoms with E-state index >= 15 is 0 Å². The minimum atomic E-state index is -0.223. The van der Waals surface area contributed by atoms with Crippen molar-refractivity contribution in [1.82, 2.24) is 4.90 Å².